The lowest BCUT2D eigenvalue weighted by molar-refractivity contribution is -0.189. The highest BCUT2D eigenvalue weighted by molar-refractivity contribution is 5.79. The highest BCUT2D eigenvalue weighted by Gasteiger charge is 2.42. The molecule has 0 radical (unpaired) electrons. The van der Waals surface area contributed by atoms with E-state index in [9.17, 15) is 18.0 Å². The first-order valence-electron chi connectivity index (χ1n) is 7.78. The molecule has 23 heavy (non-hydrogen) atoms. The molecule has 0 bridgehead atoms. The highest BCUT2D eigenvalue weighted by Crippen LogP contribution is 2.36. The molecule has 0 aromatic carbocycles. The SMILES string of the molecule is CCCCCc1nc2c(c(C)c1OC(=O)C(F)(F)F)CCN2C. The maximum atomic E-state index is 12.5. The van der Waals surface area contributed by atoms with Crippen LogP contribution in [0, 0.1) is 6.92 Å². The molecule has 0 saturated carbocycles. The van der Waals surface area contributed by atoms with Gasteiger partial charge in [-0.25, -0.2) is 9.78 Å². The first kappa shape index (κ1) is 17.6. The van der Waals surface area contributed by atoms with Crippen LogP contribution in [0.4, 0.5) is 19.0 Å². The van der Waals surface area contributed by atoms with Crippen LogP contribution in [0.2, 0.25) is 0 Å². The van der Waals surface area contributed by atoms with Crippen molar-refractivity contribution in [2.75, 3.05) is 18.5 Å². The number of halogens is 3. The number of likely N-dealkylation sites (N-methyl/N-ethyl adjacent to an activating group) is 1. The molecule has 0 aliphatic carbocycles. The van der Waals surface area contributed by atoms with E-state index < -0.39 is 12.1 Å². The Balaban J connectivity index is 2.39. The summed E-state index contributed by atoms with van der Waals surface area (Å²) >= 11 is 0. The van der Waals surface area contributed by atoms with E-state index >= 15 is 0 Å². The number of esters is 1. The van der Waals surface area contributed by atoms with Gasteiger partial charge in [0.05, 0.1) is 5.69 Å². The molecule has 0 spiro atoms. The van der Waals surface area contributed by atoms with Crippen molar-refractivity contribution in [2.45, 2.75) is 52.1 Å². The van der Waals surface area contributed by atoms with Crippen molar-refractivity contribution in [3.05, 3.63) is 16.8 Å². The number of rotatable bonds is 5. The summed E-state index contributed by atoms with van der Waals surface area (Å²) in [5, 5.41) is 0. The molecule has 0 unspecified atom stereocenters. The number of aromatic nitrogens is 1. The van der Waals surface area contributed by atoms with E-state index in [2.05, 4.69) is 9.72 Å². The molecule has 1 aliphatic heterocycles. The fraction of sp³-hybridized carbons (Fsp3) is 0.625. The molecule has 128 valence electrons. The Kier molecular flexibility index (Phi) is 5.16. The molecule has 0 fully saturated rings. The monoisotopic (exact) mass is 330 g/mol. The summed E-state index contributed by atoms with van der Waals surface area (Å²) in [6, 6.07) is 0. The van der Waals surface area contributed by atoms with Crippen LogP contribution in [-0.2, 0) is 17.6 Å². The fourth-order valence-electron chi connectivity index (χ4n) is 2.77. The number of hydrogen-bond acceptors (Lipinski definition) is 4. The summed E-state index contributed by atoms with van der Waals surface area (Å²) < 4.78 is 42.3. The second-order valence-corrected chi connectivity index (χ2v) is 5.83. The normalized spacial score (nSPS) is 14.1. The number of nitrogens with zero attached hydrogens (tertiary/aromatic N) is 2. The van der Waals surface area contributed by atoms with Crippen molar-refractivity contribution < 1.29 is 22.7 Å². The Morgan fingerprint density at radius 1 is 1.35 bits per heavy atom. The van der Waals surface area contributed by atoms with E-state index in [0.29, 0.717) is 24.1 Å². The Hall–Kier alpha value is -1.79. The van der Waals surface area contributed by atoms with Crippen LogP contribution in [0.5, 0.6) is 5.75 Å². The molecular formula is C16H21F3N2O2. The topological polar surface area (TPSA) is 42.4 Å². The van der Waals surface area contributed by atoms with Crippen molar-refractivity contribution in [3.63, 3.8) is 0 Å². The van der Waals surface area contributed by atoms with Crippen LogP contribution >= 0.6 is 0 Å². The smallest absolute Gasteiger partial charge is 0.418 e. The highest BCUT2D eigenvalue weighted by atomic mass is 19.4. The van der Waals surface area contributed by atoms with Gasteiger partial charge < -0.3 is 9.64 Å². The number of unbranched alkanes of at least 4 members (excludes halogenated alkanes) is 2. The molecule has 1 aliphatic rings. The van der Waals surface area contributed by atoms with Crippen molar-refractivity contribution in [3.8, 4) is 5.75 Å². The van der Waals surface area contributed by atoms with Crippen LogP contribution in [-0.4, -0.2) is 30.7 Å². The number of alkyl halides is 3. The van der Waals surface area contributed by atoms with Crippen molar-refractivity contribution >= 4 is 11.8 Å². The van der Waals surface area contributed by atoms with Gasteiger partial charge in [-0.1, -0.05) is 19.8 Å². The third kappa shape index (κ3) is 3.76. The van der Waals surface area contributed by atoms with E-state index in [0.717, 1.165) is 37.2 Å². The van der Waals surface area contributed by atoms with Gasteiger partial charge in [-0.15, -0.1) is 0 Å². The molecule has 0 atom stereocenters. The van der Waals surface area contributed by atoms with E-state index in [1.807, 2.05) is 18.9 Å². The minimum absolute atomic E-state index is 0.0162. The van der Waals surface area contributed by atoms with Crippen molar-refractivity contribution in [1.82, 2.24) is 4.98 Å². The lowest BCUT2D eigenvalue weighted by atomic mass is 10.0. The molecule has 1 aromatic heterocycles. The zero-order chi connectivity index (χ0) is 17.2. The second kappa shape index (κ2) is 6.76. The minimum atomic E-state index is -5.01. The van der Waals surface area contributed by atoms with Crippen LogP contribution in [0.3, 0.4) is 0 Å². The van der Waals surface area contributed by atoms with Crippen molar-refractivity contribution in [2.24, 2.45) is 0 Å². The average molecular weight is 330 g/mol. The first-order chi connectivity index (χ1) is 10.8. The number of anilines is 1. The molecule has 0 saturated heterocycles. The molecule has 1 aromatic rings. The molecule has 2 rings (SSSR count). The van der Waals surface area contributed by atoms with Crippen LogP contribution in [0.1, 0.15) is 43.0 Å². The number of carbonyl (C=O) groups is 1. The second-order valence-electron chi connectivity index (χ2n) is 5.83. The number of pyridine rings is 1. The van der Waals surface area contributed by atoms with Gasteiger partial charge in [-0.05, 0) is 26.2 Å². The lowest BCUT2D eigenvalue weighted by Crippen LogP contribution is -2.29. The van der Waals surface area contributed by atoms with Gasteiger partial charge in [-0.3, -0.25) is 0 Å². The number of aryl methyl sites for hydroxylation is 1. The summed E-state index contributed by atoms with van der Waals surface area (Å²) in [6.45, 7) is 4.50. The summed E-state index contributed by atoms with van der Waals surface area (Å²) in [5.74, 6) is -1.43. The van der Waals surface area contributed by atoms with Gasteiger partial charge in [0.2, 0.25) is 0 Å². The van der Waals surface area contributed by atoms with Crippen LogP contribution in [0.25, 0.3) is 0 Å². The molecule has 4 nitrogen and oxygen atoms in total. The number of ether oxygens (including phenoxy) is 1. The number of carbonyl (C=O) groups excluding carboxylic acids is 1. The van der Waals surface area contributed by atoms with Crippen molar-refractivity contribution in [1.29, 1.82) is 0 Å². The summed E-state index contributed by atoms with van der Waals surface area (Å²) in [4.78, 5) is 17.7. The summed E-state index contributed by atoms with van der Waals surface area (Å²) in [5.41, 5.74) is 1.88. The summed E-state index contributed by atoms with van der Waals surface area (Å²) in [7, 11) is 1.90. The van der Waals surface area contributed by atoms with Gasteiger partial charge in [-0.2, -0.15) is 13.2 Å². The predicted octanol–water partition coefficient (Wildman–Crippen LogP) is 3.58. The van der Waals surface area contributed by atoms with Gasteiger partial charge in [0.1, 0.15) is 5.82 Å². The third-order valence-corrected chi connectivity index (χ3v) is 4.07. The number of fused-ring (bicyclic) bond motifs is 1. The summed E-state index contributed by atoms with van der Waals surface area (Å²) in [6.07, 6.45) is -1.10. The molecular weight excluding hydrogens is 309 g/mol. The van der Waals surface area contributed by atoms with Crippen LogP contribution in [0.15, 0.2) is 0 Å². The van der Waals surface area contributed by atoms with Gasteiger partial charge in [0.15, 0.2) is 5.75 Å². The zero-order valence-corrected chi connectivity index (χ0v) is 13.6. The maximum Gasteiger partial charge on any atom is 0.491 e. The standard InChI is InChI=1S/C16H21F3N2O2/c1-4-5-6-7-12-13(23-15(22)16(17,18)19)10(2)11-8-9-21(3)14(11)20-12/h4-9H2,1-3H3. The molecule has 7 heteroatoms. The molecule has 0 N–H and O–H groups in total. The van der Waals surface area contributed by atoms with E-state index in [1.165, 1.54) is 0 Å². The number of hydrogen-bond donors (Lipinski definition) is 0. The van der Waals surface area contributed by atoms with Gasteiger partial charge in [0, 0.05) is 24.7 Å². The molecule has 2 heterocycles. The Morgan fingerprint density at radius 3 is 2.65 bits per heavy atom. The largest absolute Gasteiger partial charge is 0.491 e. The van der Waals surface area contributed by atoms with Gasteiger partial charge >= 0.3 is 12.1 Å². The lowest BCUT2D eigenvalue weighted by Gasteiger charge is -2.18. The Morgan fingerprint density at radius 2 is 2.04 bits per heavy atom. The third-order valence-electron chi connectivity index (χ3n) is 4.07. The Labute approximate surface area is 133 Å². The molecule has 0 amide bonds. The van der Waals surface area contributed by atoms with Gasteiger partial charge in [0.25, 0.3) is 0 Å². The minimum Gasteiger partial charge on any atom is -0.418 e. The van der Waals surface area contributed by atoms with E-state index in [-0.39, 0.29) is 5.75 Å². The maximum absolute atomic E-state index is 12.5. The Bertz CT molecular complexity index is 600. The fourth-order valence-corrected chi connectivity index (χ4v) is 2.77. The van der Waals surface area contributed by atoms with E-state index in [4.69, 9.17) is 0 Å². The first-order valence-corrected chi connectivity index (χ1v) is 7.78. The zero-order valence-electron chi connectivity index (χ0n) is 13.6. The van der Waals surface area contributed by atoms with E-state index in [1.54, 1.807) is 6.92 Å². The predicted molar refractivity (Wildman–Crippen MR) is 80.9 cm³/mol. The average Bonchev–Trinajstić information content (AvgIpc) is 2.83. The quantitative estimate of drug-likeness (QED) is 0.611. The van der Waals surface area contributed by atoms with Crippen LogP contribution < -0.4 is 9.64 Å².